The summed E-state index contributed by atoms with van der Waals surface area (Å²) in [5.74, 6) is -0.00649. The van der Waals surface area contributed by atoms with Gasteiger partial charge < -0.3 is 23.0 Å². The van der Waals surface area contributed by atoms with Gasteiger partial charge in [-0.25, -0.2) is 0 Å². The number of amides is 1. The molecule has 0 radical (unpaired) electrons. The maximum absolute atomic E-state index is 11.8. The van der Waals surface area contributed by atoms with E-state index in [0.717, 1.165) is 5.69 Å². The van der Waals surface area contributed by atoms with E-state index in [2.05, 4.69) is 10.6 Å². The molecule has 0 unspecified atom stereocenters. The second kappa shape index (κ2) is 8.80. The number of benzene rings is 1. The van der Waals surface area contributed by atoms with Crippen LogP contribution in [0.3, 0.4) is 0 Å². The summed E-state index contributed by atoms with van der Waals surface area (Å²) in [6.45, 7) is 1.88. The molecule has 1 fully saturated rings. The van der Waals surface area contributed by atoms with Gasteiger partial charge in [-0.1, -0.05) is 19.3 Å². The van der Waals surface area contributed by atoms with Crippen LogP contribution in [-0.4, -0.2) is 24.3 Å². The summed E-state index contributed by atoms with van der Waals surface area (Å²) in [6.07, 6.45) is 6.16. The fourth-order valence-corrected chi connectivity index (χ4v) is 2.54. The third-order valence-corrected chi connectivity index (χ3v) is 3.73. The molecule has 2 N–H and O–H groups in total. The van der Waals surface area contributed by atoms with Gasteiger partial charge in [-0.15, -0.1) is 0 Å². The first-order valence-electron chi connectivity index (χ1n) is 7.29. The second-order valence-electron chi connectivity index (χ2n) is 5.40. The minimum atomic E-state index is -0.0360. The number of hydrogen-bond donors (Lipinski definition) is 2. The third kappa shape index (κ3) is 5.86. The summed E-state index contributed by atoms with van der Waals surface area (Å²) >= 11 is 0. The van der Waals surface area contributed by atoms with E-state index in [0.29, 0.717) is 18.2 Å². The molecule has 2 rings (SSSR count). The summed E-state index contributed by atoms with van der Waals surface area (Å²) in [5, 5.41) is 6.14. The molecule has 0 heterocycles. The van der Waals surface area contributed by atoms with Gasteiger partial charge in [-0.2, -0.15) is 0 Å². The molecule has 0 aromatic heterocycles. The number of hydrogen-bond acceptors (Lipinski definition) is 3. The highest BCUT2D eigenvalue weighted by Gasteiger charge is 2.13. The molecule has 0 saturated heterocycles. The van der Waals surface area contributed by atoms with E-state index in [1.807, 2.05) is 0 Å². The number of carbonyl (C=O) groups is 2. The van der Waals surface area contributed by atoms with E-state index in [4.69, 9.17) is 0 Å². The number of rotatable bonds is 5. The standard InChI is InChI=1S/C16H22N2O2.ClH/c1-12(19)13-7-9-15(10-8-13)18-16(20)11-17-14-5-3-2-4-6-14;/h7-10,14,17H,2-6,11H2,1H3,(H,18,20);1H/p-1. The topological polar surface area (TPSA) is 58.2 Å². The van der Waals surface area contributed by atoms with E-state index >= 15 is 0 Å². The lowest BCUT2D eigenvalue weighted by molar-refractivity contribution is -0.115. The van der Waals surface area contributed by atoms with Crippen LogP contribution in [0.5, 0.6) is 0 Å². The molecule has 0 spiro atoms. The van der Waals surface area contributed by atoms with Crippen molar-refractivity contribution >= 4 is 17.4 Å². The van der Waals surface area contributed by atoms with Crippen LogP contribution in [0.1, 0.15) is 49.4 Å². The van der Waals surface area contributed by atoms with Crippen LogP contribution < -0.4 is 23.0 Å². The first kappa shape index (κ1) is 17.7. The Morgan fingerprint density at radius 1 is 1.10 bits per heavy atom. The molecule has 1 amide bonds. The van der Waals surface area contributed by atoms with E-state index < -0.39 is 0 Å². The number of anilines is 1. The van der Waals surface area contributed by atoms with Gasteiger partial charge in [0, 0.05) is 17.3 Å². The molecule has 1 aromatic rings. The van der Waals surface area contributed by atoms with Crippen molar-refractivity contribution in [1.82, 2.24) is 5.32 Å². The van der Waals surface area contributed by atoms with Crippen molar-refractivity contribution in [3.63, 3.8) is 0 Å². The fraction of sp³-hybridized carbons (Fsp3) is 0.500. The Kier molecular flexibility index (Phi) is 7.40. The Hall–Kier alpha value is -1.39. The van der Waals surface area contributed by atoms with Crippen LogP contribution in [0.2, 0.25) is 0 Å². The van der Waals surface area contributed by atoms with Gasteiger partial charge in [-0.05, 0) is 44.0 Å². The molecule has 116 valence electrons. The van der Waals surface area contributed by atoms with Gasteiger partial charge in [0.15, 0.2) is 5.78 Å². The lowest BCUT2D eigenvalue weighted by Gasteiger charge is -2.22. The largest absolute Gasteiger partial charge is 1.00 e. The quantitative estimate of drug-likeness (QED) is 0.738. The summed E-state index contributed by atoms with van der Waals surface area (Å²) in [4.78, 5) is 23.0. The van der Waals surface area contributed by atoms with Gasteiger partial charge in [0.05, 0.1) is 6.54 Å². The van der Waals surface area contributed by atoms with E-state index in [9.17, 15) is 9.59 Å². The van der Waals surface area contributed by atoms with E-state index in [1.54, 1.807) is 24.3 Å². The van der Waals surface area contributed by atoms with Gasteiger partial charge in [-0.3, -0.25) is 9.59 Å². The molecule has 1 aliphatic carbocycles. The smallest absolute Gasteiger partial charge is 0.238 e. The summed E-state index contributed by atoms with van der Waals surface area (Å²) in [5.41, 5.74) is 1.38. The summed E-state index contributed by atoms with van der Waals surface area (Å²) in [7, 11) is 0. The number of ketones is 1. The number of Topliss-reactive ketones (excluding diaryl/α,β-unsaturated/α-hetero) is 1. The number of nitrogens with one attached hydrogen (secondary N) is 2. The van der Waals surface area contributed by atoms with Crippen molar-refractivity contribution in [3.05, 3.63) is 29.8 Å². The Bertz CT molecular complexity index is 468. The number of halogens is 1. The zero-order chi connectivity index (χ0) is 14.4. The normalized spacial score (nSPS) is 15.1. The zero-order valence-electron chi connectivity index (χ0n) is 12.3. The fourth-order valence-electron chi connectivity index (χ4n) is 2.54. The maximum atomic E-state index is 11.8. The van der Waals surface area contributed by atoms with Gasteiger partial charge in [0.1, 0.15) is 0 Å². The molecular weight excluding hydrogens is 288 g/mol. The molecule has 1 aromatic carbocycles. The molecular formula is C16H22ClN2O2-. The molecule has 1 aliphatic rings. The Labute approximate surface area is 132 Å². The molecule has 0 bridgehead atoms. The second-order valence-corrected chi connectivity index (χ2v) is 5.40. The molecule has 4 nitrogen and oxygen atoms in total. The van der Waals surface area contributed by atoms with Crippen molar-refractivity contribution in [3.8, 4) is 0 Å². The number of carbonyl (C=O) groups excluding carboxylic acids is 2. The third-order valence-electron chi connectivity index (χ3n) is 3.73. The monoisotopic (exact) mass is 309 g/mol. The molecule has 5 heteroatoms. The highest BCUT2D eigenvalue weighted by molar-refractivity contribution is 5.96. The zero-order valence-corrected chi connectivity index (χ0v) is 13.1. The SMILES string of the molecule is CC(=O)c1ccc(NC(=O)CNC2CCCCC2)cc1.[Cl-]. The van der Waals surface area contributed by atoms with E-state index in [-0.39, 0.29) is 24.1 Å². The Morgan fingerprint density at radius 3 is 2.29 bits per heavy atom. The van der Waals surface area contributed by atoms with Gasteiger partial charge in [0.25, 0.3) is 0 Å². The molecule has 1 saturated carbocycles. The summed E-state index contributed by atoms with van der Waals surface area (Å²) in [6, 6.07) is 7.46. The van der Waals surface area contributed by atoms with Crippen LogP contribution in [0.25, 0.3) is 0 Å². The van der Waals surface area contributed by atoms with Gasteiger partial charge >= 0.3 is 0 Å². The Balaban J connectivity index is 0.00000220. The minimum absolute atomic E-state index is 0. The maximum Gasteiger partial charge on any atom is 0.238 e. The van der Waals surface area contributed by atoms with E-state index in [1.165, 1.54) is 39.0 Å². The predicted octanol–water partition coefficient (Wildman–Crippen LogP) is -0.246. The van der Waals surface area contributed by atoms with Crippen LogP contribution in [-0.2, 0) is 4.79 Å². The molecule has 0 atom stereocenters. The lowest BCUT2D eigenvalue weighted by atomic mass is 9.95. The lowest BCUT2D eigenvalue weighted by Crippen LogP contribution is -3.00. The molecule has 21 heavy (non-hydrogen) atoms. The van der Waals surface area contributed by atoms with Crippen molar-refractivity contribution in [2.24, 2.45) is 0 Å². The average Bonchev–Trinajstić information content (AvgIpc) is 2.47. The van der Waals surface area contributed by atoms with Crippen molar-refractivity contribution in [2.45, 2.75) is 45.1 Å². The summed E-state index contributed by atoms with van der Waals surface area (Å²) < 4.78 is 0. The van der Waals surface area contributed by atoms with Crippen molar-refractivity contribution < 1.29 is 22.0 Å². The highest BCUT2D eigenvalue weighted by atomic mass is 35.5. The molecule has 0 aliphatic heterocycles. The van der Waals surface area contributed by atoms with Crippen LogP contribution in [0.15, 0.2) is 24.3 Å². The minimum Gasteiger partial charge on any atom is -1.00 e. The van der Waals surface area contributed by atoms with Crippen LogP contribution in [0, 0.1) is 0 Å². The van der Waals surface area contributed by atoms with Crippen LogP contribution >= 0.6 is 0 Å². The Morgan fingerprint density at radius 2 is 1.71 bits per heavy atom. The highest BCUT2D eigenvalue weighted by Crippen LogP contribution is 2.17. The van der Waals surface area contributed by atoms with Gasteiger partial charge in [0.2, 0.25) is 5.91 Å². The predicted molar refractivity (Wildman–Crippen MR) is 80.0 cm³/mol. The van der Waals surface area contributed by atoms with Crippen LogP contribution in [0.4, 0.5) is 5.69 Å². The first-order chi connectivity index (χ1) is 9.65. The average molecular weight is 310 g/mol. The van der Waals surface area contributed by atoms with Crippen molar-refractivity contribution in [1.29, 1.82) is 0 Å². The first-order valence-corrected chi connectivity index (χ1v) is 7.29. The van der Waals surface area contributed by atoms with Crippen molar-refractivity contribution in [2.75, 3.05) is 11.9 Å².